The van der Waals surface area contributed by atoms with E-state index in [-0.39, 0.29) is 24.1 Å². The number of halogens is 6. The number of primary amides is 1. The zero-order chi connectivity index (χ0) is 33.0. The van der Waals surface area contributed by atoms with Gasteiger partial charge in [-0.1, -0.05) is 60.7 Å². The SMILES string of the molecule is NNC(N)=O.O=C(O)[C@H]1C[C@@]2(c3ccccc3)[C@H](OCc3cc(C(F)(F)F)cc(C(F)(F)F)c3)CC[C@@H]1N2Cc1ccccc1. The lowest BCUT2D eigenvalue weighted by molar-refractivity contribution is -0.144. The molecule has 0 aliphatic carbocycles. The van der Waals surface area contributed by atoms with Gasteiger partial charge in [0, 0.05) is 12.6 Å². The molecule has 8 nitrogen and oxygen atoms in total. The summed E-state index contributed by atoms with van der Waals surface area (Å²) in [5.41, 5.74) is 3.82. The number of hydrazine groups is 1. The second-order valence-electron chi connectivity index (χ2n) is 10.9. The first-order valence-electron chi connectivity index (χ1n) is 13.9. The highest BCUT2D eigenvalue weighted by molar-refractivity contribution is 5.72. The predicted molar refractivity (Wildman–Crippen MR) is 151 cm³/mol. The monoisotopic (exact) mass is 638 g/mol. The van der Waals surface area contributed by atoms with Gasteiger partial charge in [0.2, 0.25) is 0 Å². The van der Waals surface area contributed by atoms with E-state index in [0.29, 0.717) is 31.5 Å². The molecule has 0 spiro atoms. The molecule has 0 radical (unpaired) electrons. The Labute approximate surface area is 254 Å². The molecule has 45 heavy (non-hydrogen) atoms. The number of fused-ring (bicyclic) bond motifs is 2. The number of piperidine rings is 1. The smallest absolute Gasteiger partial charge is 0.416 e. The molecule has 3 aromatic rings. The predicted octanol–water partition coefficient (Wildman–Crippen LogP) is 5.80. The Balaban J connectivity index is 0.000000854. The largest absolute Gasteiger partial charge is 0.481 e. The van der Waals surface area contributed by atoms with Gasteiger partial charge < -0.3 is 15.6 Å². The molecule has 2 bridgehead atoms. The van der Waals surface area contributed by atoms with E-state index in [1.165, 1.54) is 0 Å². The van der Waals surface area contributed by atoms with Crippen LogP contribution in [-0.2, 0) is 40.6 Å². The van der Waals surface area contributed by atoms with E-state index in [1.807, 2.05) is 60.7 Å². The molecule has 2 heterocycles. The van der Waals surface area contributed by atoms with E-state index in [4.69, 9.17) is 4.74 Å². The Morgan fingerprint density at radius 3 is 1.91 bits per heavy atom. The van der Waals surface area contributed by atoms with Crippen LogP contribution in [0.1, 0.15) is 47.1 Å². The molecule has 0 saturated carbocycles. The van der Waals surface area contributed by atoms with Crippen LogP contribution in [0, 0.1) is 5.92 Å². The third kappa shape index (κ3) is 7.57. The van der Waals surface area contributed by atoms with Crippen LogP contribution in [0.25, 0.3) is 0 Å². The third-order valence-electron chi connectivity index (χ3n) is 8.19. The van der Waals surface area contributed by atoms with E-state index in [1.54, 1.807) is 5.43 Å². The van der Waals surface area contributed by atoms with Crippen molar-refractivity contribution in [2.75, 3.05) is 0 Å². The summed E-state index contributed by atoms with van der Waals surface area (Å²) in [6.07, 6.45) is -9.55. The number of rotatable bonds is 7. The zero-order valence-corrected chi connectivity index (χ0v) is 23.8. The van der Waals surface area contributed by atoms with Crippen molar-refractivity contribution in [1.82, 2.24) is 10.3 Å². The maximum Gasteiger partial charge on any atom is 0.416 e. The lowest BCUT2D eigenvalue weighted by atomic mass is 9.78. The summed E-state index contributed by atoms with van der Waals surface area (Å²) in [5.74, 6) is 2.78. The van der Waals surface area contributed by atoms with Crippen LogP contribution in [0.2, 0.25) is 0 Å². The average molecular weight is 639 g/mol. The molecular formula is C31H32F6N4O4. The van der Waals surface area contributed by atoms with Gasteiger partial charge in [0.1, 0.15) is 0 Å². The number of amides is 2. The summed E-state index contributed by atoms with van der Waals surface area (Å²) in [6, 6.07) is 19.1. The molecule has 0 aromatic heterocycles. The van der Waals surface area contributed by atoms with Crippen LogP contribution < -0.4 is 17.0 Å². The first-order chi connectivity index (χ1) is 21.2. The van der Waals surface area contributed by atoms with Gasteiger partial charge in [0.05, 0.1) is 35.3 Å². The molecule has 2 amide bonds. The van der Waals surface area contributed by atoms with Gasteiger partial charge >= 0.3 is 24.4 Å². The highest BCUT2D eigenvalue weighted by atomic mass is 19.4. The Hall–Kier alpha value is -4.14. The van der Waals surface area contributed by atoms with Crippen LogP contribution in [0.3, 0.4) is 0 Å². The zero-order valence-electron chi connectivity index (χ0n) is 23.8. The molecule has 3 aromatic carbocycles. The van der Waals surface area contributed by atoms with Crippen molar-refractivity contribution >= 4 is 12.0 Å². The number of nitrogens with one attached hydrogen (secondary N) is 1. The van der Waals surface area contributed by atoms with Crippen LogP contribution >= 0.6 is 0 Å². The molecule has 4 atom stereocenters. The Kier molecular flexibility index (Phi) is 10.1. The topological polar surface area (TPSA) is 131 Å². The summed E-state index contributed by atoms with van der Waals surface area (Å²) >= 11 is 0. The lowest BCUT2D eigenvalue weighted by Gasteiger charge is -2.50. The number of hydrogen-bond acceptors (Lipinski definition) is 5. The van der Waals surface area contributed by atoms with Crippen LogP contribution in [0.15, 0.2) is 78.9 Å². The Bertz CT molecular complexity index is 1440. The minimum absolute atomic E-state index is 0.0934. The number of hydrogen-bond donors (Lipinski definition) is 4. The number of nitrogens with zero attached hydrogens (tertiary/aromatic N) is 1. The van der Waals surface area contributed by atoms with Crippen molar-refractivity contribution < 1.29 is 45.8 Å². The lowest BCUT2D eigenvalue weighted by Crippen LogP contribution is -2.56. The van der Waals surface area contributed by atoms with Crippen molar-refractivity contribution in [3.8, 4) is 0 Å². The van der Waals surface area contributed by atoms with Crippen LogP contribution in [0.4, 0.5) is 31.1 Å². The number of benzene rings is 3. The molecule has 2 fully saturated rings. The molecule has 242 valence electrons. The summed E-state index contributed by atoms with van der Waals surface area (Å²) in [4.78, 5) is 23.8. The highest BCUT2D eigenvalue weighted by Gasteiger charge is 2.61. The molecule has 14 heteroatoms. The molecule has 2 aliphatic heterocycles. The summed E-state index contributed by atoms with van der Waals surface area (Å²) in [7, 11) is 0. The normalized spacial score (nSPS) is 23.1. The van der Waals surface area contributed by atoms with Gasteiger partial charge in [-0.15, -0.1) is 0 Å². The minimum atomic E-state index is -4.97. The number of nitrogens with two attached hydrogens (primary N) is 2. The first kappa shape index (κ1) is 33.7. The number of carbonyl (C=O) groups excluding carboxylic acids is 1. The number of alkyl halides is 6. The fraction of sp³-hybridized carbons (Fsp3) is 0.355. The molecule has 2 saturated heterocycles. The van der Waals surface area contributed by atoms with Gasteiger partial charge in [-0.3, -0.25) is 15.1 Å². The molecule has 2 aliphatic rings. The number of ether oxygens (including phenoxy) is 1. The van der Waals surface area contributed by atoms with Crippen LogP contribution in [0.5, 0.6) is 0 Å². The standard InChI is InChI=1S/C30H27F6NO3.CH5N3O/c31-29(32,33)22-13-20(14-23(15-22)30(34,35)36)18-40-26-12-11-25-24(27(38)39)16-28(26,21-9-5-2-6-10-21)37(25)17-19-7-3-1-4-8-19;2-1(5)4-3/h1-10,13-15,24-26H,11-12,16-18H2,(H,38,39);3H2,(H3,2,4,5)/t24-,25-,26+,28+;/m0./s1. The quantitative estimate of drug-likeness (QED) is 0.112. The highest BCUT2D eigenvalue weighted by Crippen LogP contribution is 2.55. The van der Waals surface area contributed by atoms with Crippen LogP contribution in [-0.4, -0.2) is 34.2 Å². The Morgan fingerprint density at radius 2 is 1.42 bits per heavy atom. The maximum absolute atomic E-state index is 13.4. The molecule has 6 N–H and O–H groups in total. The fourth-order valence-corrected chi connectivity index (χ4v) is 6.34. The molecule has 0 unspecified atom stereocenters. The maximum atomic E-state index is 13.4. The van der Waals surface area contributed by atoms with Crippen molar-refractivity contribution in [3.63, 3.8) is 0 Å². The third-order valence-corrected chi connectivity index (χ3v) is 8.19. The molecule has 5 rings (SSSR count). The van der Waals surface area contributed by atoms with Crippen molar-refractivity contribution in [3.05, 3.63) is 107 Å². The van der Waals surface area contributed by atoms with E-state index in [9.17, 15) is 41.0 Å². The second-order valence-corrected chi connectivity index (χ2v) is 10.9. The molecular weight excluding hydrogens is 606 g/mol. The number of carboxylic acids is 1. The van der Waals surface area contributed by atoms with Gasteiger partial charge in [-0.2, -0.15) is 26.3 Å². The van der Waals surface area contributed by atoms with Crippen molar-refractivity contribution in [1.29, 1.82) is 0 Å². The van der Waals surface area contributed by atoms with E-state index < -0.39 is 59.6 Å². The summed E-state index contributed by atoms with van der Waals surface area (Å²) in [6.45, 7) is -0.0837. The summed E-state index contributed by atoms with van der Waals surface area (Å²) in [5, 5.41) is 10.1. The van der Waals surface area contributed by atoms with Gasteiger partial charge in [-0.25, -0.2) is 10.6 Å². The first-order valence-corrected chi connectivity index (χ1v) is 13.9. The van der Waals surface area contributed by atoms with Gasteiger partial charge in [-0.05, 0) is 54.2 Å². The average Bonchev–Trinajstić information content (AvgIpc) is 3.21. The van der Waals surface area contributed by atoms with E-state index >= 15 is 0 Å². The Morgan fingerprint density at radius 1 is 0.889 bits per heavy atom. The van der Waals surface area contributed by atoms with Gasteiger partial charge in [0.15, 0.2) is 0 Å². The number of aliphatic carboxylic acids is 1. The number of carbonyl (C=O) groups is 2. The fourth-order valence-electron chi connectivity index (χ4n) is 6.34. The summed E-state index contributed by atoms with van der Waals surface area (Å²) < 4.78 is 86.9. The van der Waals surface area contributed by atoms with Gasteiger partial charge in [0.25, 0.3) is 0 Å². The van der Waals surface area contributed by atoms with E-state index in [0.717, 1.165) is 11.1 Å². The van der Waals surface area contributed by atoms with Crippen molar-refractivity contribution in [2.45, 2.75) is 62.5 Å². The second kappa shape index (κ2) is 13.5. The number of carboxylic acid groups (broad SMARTS) is 1. The minimum Gasteiger partial charge on any atom is -0.481 e. The van der Waals surface area contributed by atoms with E-state index in [2.05, 4.69) is 16.5 Å². The van der Waals surface area contributed by atoms with Crippen molar-refractivity contribution in [2.24, 2.45) is 17.5 Å². The number of urea groups is 1.